The molecule has 2 fully saturated rings. The SMILES string of the molecule is COc1cc(/C=C2/SC(=O)N(CC(=O)N3CCCC3)C2=O)cc(Br)c1OCc1ccc(Cl)c(Cl)c1. The predicted octanol–water partition coefficient (Wildman–Crippen LogP) is 6.00. The van der Waals surface area contributed by atoms with E-state index in [1.54, 1.807) is 35.2 Å². The van der Waals surface area contributed by atoms with E-state index in [0.29, 0.717) is 44.7 Å². The second kappa shape index (κ2) is 11.2. The largest absolute Gasteiger partial charge is 0.493 e. The Morgan fingerprint density at radius 1 is 1.14 bits per heavy atom. The van der Waals surface area contributed by atoms with Gasteiger partial charge in [-0.25, -0.2) is 0 Å². The highest BCUT2D eigenvalue weighted by Crippen LogP contribution is 2.39. The Bertz CT molecular complexity index is 1220. The van der Waals surface area contributed by atoms with Crippen molar-refractivity contribution in [2.75, 3.05) is 26.7 Å². The molecule has 4 rings (SSSR count). The third-order valence-corrected chi connectivity index (χ3v) is 7.78. The Labute approximate surface area is 225 Å². The molecule has 7 nitrogen and oxygen atoms in total. The number of hydrogen-bond acceptors (Lipinski definition) is 6. The molecule has 0 radical (unpaired) electrons. The monoisotopic (exact) mass is 598 g/mol. The first kappa shape index (κ1) is 25.9. The van der Waals surface area contributed by atoms with Gasteiger partial charge in [0.15, 0.2) is 11.5 Å². The first-order valence-corrected chi connectivity index (χ1v) is 13.1. The summed E-state index contributed by atoms with van der Waals surface area (Å²) in [6.45, 7) is 1.32. The van der Waals surface area contributed by atoms with E-state index < -0.39 is 11.1 Å². The maximum absolute atomic E-state index is 12.8. The summed E-state index contributed by atoms with van der Waals surface area (Å²) in [5, 5.41) is 0.440. The number of benzene rings is 2. The van der Waals surface area contributed by atoms with Crippen LogP contribution in [0.2, 0.25) is 10.0 Å². The van der Waals surface area contributed by atoms with Crippen LogP contribution in [0.15, 0.2) is 39.7 Å². The fourth-order valence-electron chi connectivity index (χ4n) is 3.74. The number of amides is 3. The van der Waals surface area contributed by atoms with E-state index in [0.717, 1.165) is 35.1 Å². The van der Waals surface area contributed by atoms with Gasteiger partial charge in [-0.1, -0.05) is 29.3 Å². The minimum Gasteiger partial charge on any atom is -0.493 e. The molecular weight excluding hydrogens is 579 g/mol. The minimum atomic E-state index is -0.484. The molecule has 0 spiro atoms. The Kier molecular flexibility index (Phi) is 8.31. The van der Waals surface area contributed by atoms with Gasteiger partial charge >= 0.3 is 0 Å². The summed E-state index contributed by atoms with van der Waals surface area (Å²) in [5.74, 6) is 0.218. The molecule has 11 heteroatoms. The lowest BCUT2D eigenvalue weighted by molar-refractivity contribution is -0.135. The van der Waals surface area contributed by atoms with Crippen molar-refractivity contribution in [1.82, 2.24) is 9.80 Å². The van der Waals surface area contributed by atoms with Gasteiger partial charge in [0.1, 0.15) is 13.2 Å². The number of hydrogen-bond donors (Lipinski definition) is 0. The topological polar surface area (TPSA) is 76.2 Å². The van der Waals surface area contributed by atoms with Gasteiger partial charge in [-0.05, 0) is 82.0 Å². The van der Waals surface area contributed by atoms with Crippen LogP contribution >= 0.6 is 50.9 Å². The second-order valence-electron chi connectivity index (χ2n) is 7.93. The van der Waals surface area contributed by atoms with Crippen molar-refractivity contribution in [2.45, 2.75) is 19.4 Å². The van der Waals surface area contributed by atoms with Crippen molar-refractivity contribution < 1.29 is 23.9 Å². The van der Waals surface area contributed by atoms with E-state index in [4.69, 9.17) is 32.7 Å². The zero-order valence-electron chi connectivity index (χ0n) is 18.7. The van der Waals surface area contributed by atoms with Crippen molar-refractivity contribution in [2.24, 2.45) is 0 Å². The van der Waals surface area contributed by atoms with Gasteiger partial charge in [-0.2, -0.15) is 0 Å². The van der Waals surface area contributed by atoms with E-state index in [1.165, 1.54) is 7.11 Å². The molecule has 0 unspecified atom stereocenters. The maximum atomic E-state index is 12.8. The highest BCUT2D eigenvalue weighted by molar-refractivity contribution is 9.10. The van der Waals surface area contributed by atoms with Crippen LogP contribution in [0.4, 0.5) is 4.79 Å². The molecule has 0 atom stereocenters. The van der Waals surface area contributed by atoms with Gasteiger partial charge in [0.2, 0.25) is 5.91 Å². The second-order valence-corrected chi connectivity index (χ2v) is 10.6. The van der Waals surface area contributed by atoms with E-state index >= 15 is 0 Å². The molecule has 2 aliphatic rings. The van der Waals surface area contributed by atoms with Gasteiger partial charge < -0.3 is 14.4 Å². The van der Waals surface area contributed by atoms with Gasteiger partial charge in [-0.15, -0.1) is 0 Å². The number of rotatable bonds is 7. The maximum Gasteiger partial charge on any atom is 0.294 e. The lowest BCUT2D eigenvalue weighted by Crippen LogP contribution is -2.40. The van der Waals surface area contributed by atoms with Crippen LogP contribution in [0.25, 0.3) is 6.08 Å². The summed E-state index contributed by atoms with van der Waals surface area (Å²) in [6.07, 6.45) is 3.48. The number of imide groups is 1. The summed E-state index contributed by atoms with van der Waals surface area (Å²) < 4.78 is 12.0. The highest BCUT2D eigenvalue weighted by atomic mass is 79.9. The lowest BCUT2D eigenvalue weighted by atomic mass is 10.1. The third kappa shape index (κ3) is 5.97. The smallest absolute Gasteiger partial charge is 0.294 e. The average Bonchev–Trinajstić information content (AvgIpc) is 3.45. The van der Waals surface area contributed by atoms with Crippen LogP contribution in [-0.4, -0.2) is 53.6 Å². The third-order valence-electron chi connectivity index (χ3n) is 5.54. The van der Waals surface area contributed by atoms with Gasteiger partial charge in [-0.3, -0.25) is 19.3 Å². The van der Waals surface area contributed by atoms with Gasteiger partial charge in [0.25, 0.3) is 11.1 Å². The fourth-order valence-corrected chi connectivity index (χ4v) is 5.47. The van der Waals surface area contributed by atoms with E-state index in [9.17, 15) is 14.4 Å². The quantitative estimate of drug-likeness (QED) is 0.363. The summed E-state index contributed by atoms with van der Waals surface area (Å²) in [6, 6.07) is 8.70. The average molecular weight is 600 g/mol. The predicted molar refractivity (Wildman–Crippen MR) is 140 cm³/mol. The van der Waals surface area contributed by atoms with Crippen molar-refractivity contribution in [3.63, 3.8) is 0 Å². The fraction of sp³-hybridized carbons (Fsp3) is 0.292. The number of nitrogens with zero attached hydrogens (tertiary/aromatic N) is 2. The molecule has 0 bridgehead atoms. The summed E-state index contributed by atoms with van der Waals surface area (Å²) in [7, 11) is 1.51. The van der Waals surface area contributed by atoms with Gasteiger partial charge in [0.05, 0.1) is 26.5 Å². The molecule has 35 heavy (non-hydrogen) atoms. The first-order chi connectivity index (χ1) is 16.8. The standard InChI is InChI=1S/C24H21BrCl2N2O5S/c1-33-19-10-15(8-16(25)22(19)34-13-14-4-5-17(26)18(27)9-14)11-20-23(31)29(24(32)35-20)12-21(30)28-6-2-3-7-28/h4-5,8-11H,2-3,6-7,12-13H2,1H3/b20-11+. The van der Waals surface area contributed by atoms with Crippen LogP contribution in [0.3, 0.4) is 0 Å². The molecule has 0 aromatic heterocycles. The number of halogens is 3. The number of carbonyl (C=O) groups excluding carboxylic acids is 3. The normalized spacial score (nSPS) is 17.0. The number of methoxy groups -OCH3 is 1. The van der Waals surface area contributed by atoms with E-state index in [2.05, 4.69) is 15.9 Å². The molecular formula is C24H21BrCl2N2O5S. The van der Waals surface area contributed by atoms with Crippen molar-refractivity contribution in [1.29, 1.82) is 0 Å². The number of thioether (sulfide) groups is 1. The van der Waals surface area contributed by atoms with Crippen LogP contribution in [-0.2, 0) is 16.2 Å². The molecule has 3 amide bonds. The molecule has 2 heterocycles. The zero-order chi connectivity index (χ0) is 25.1. The molecule has 0 aliphatic carbocycles. The van der Waals surface area contributed by atoms with E-state index in [1.807, 2.05) is 6.07 Å². The van der Waals surface area contributed by atoms with Crippen LogP contribution < -0.4 is 9.47 Å². The summed E-state index contributed by atoms with van der Waals surface area (Å²) in [5.41, 5.74) is 1.46. The Morgan fingerprint density at radius 3 is 2.57 bits per heavy atom. The summed E-state index contributed by atoms with van der Waals surface area (Å²) in [4.78, 5) is 40.6. The first-order valence-electron chi connectivity index (χ1n) is 10.7. The van der Waals surface area contributed by atoms with Crippen molar-refractivity contribution in [3.8, 4) is 11.5 Å². The molecule has 2 aromatic rings. The molecule has 0 N–H and O–H groups in total. The number of ether oxygens (including phenoxy) is 2. The van der Waals surface area contributed by atoms with Crippen LogP contribution in [0.1, 0.15) is 24.0 Å². The van der Waals surface area contributed by atoms with Crippen LogP contribution in [0, 0.1) is 0 Å². The molecule has 2 aromatic carbocycles. The van der Waals surface area contributed by atoms with Gasteiger partial charge in [0, 0.05) is 13.1 Å². The Balaban J connectivity index is 1.49. The van der Waals surface area contributed by atoms with Crippen molar-refractivity contribution in [3.05, 3.63) is 60.9 Å². The van der Waals surface area contributed by atoms with Crippen molar-refractivity contribution >= 4 is 74.0 Å². The van der Waals surface area contributed by atoms with E-state index in [-0.39, 0.29) is 24.0 Å². The zero-order valence-corrected chi connectivity index (χ0v) is 22.6. The molecule has 2 aliphatic heterocycles. The Hall–Kier alpha value is -2.20. The Morgan fingerprint density at radius 2 is 1.89 bits per heavy atom. The minimum absolute atomic E-state index is 0.209. The van der Waals surface area contributed by atoms with Crippen LogP contribution in [0.5, 0.6) is 11.5 Å². The molecule has 184 valence electrons. The highest BCUT2D eigenvalue weighted by Gasteiger charge is 2.37. The lowest BCUT2D eigenvalue weighted by Gasteiger charge is -2.18. The number of likely N-dealkylation sites (tertiary alicyclic amines) is 1. The number of carbonyl (C=O) groups is 3. The summed E-state index contributed by atoms with van der Waals surface area (Å²) >= 11 is 16.3. The molecule has 0 saturated carbocycles. The molecule has 2 saturated heterocycles.